The van der Waals surface area contributed by atoms with Crippen LogP contribution in [0.4, 0.5) is 30.4 Å². The van der Waals surface area contributed by atoms with Gasteiger partial charge < -0.3 is 25.8 Å². The Morgan fingerprint density at radius 2 is 2.06 bits per heavy atom. The Hall–Kier alpha value is -3.66. The van der Waals surface area contributed by atoms with Crippen LogP contribution in [-0.4, -0.2) is 23.5 Å². The molecule has 2 aromatic carbocycles. The maximum absolute atomic E-state index is 13.0. The van der Waals surface area contributed by atoms with Crippen LogP contribution in [0.25, 0.3) is 0 Å². The second-order valence-electron chi connectivity index (χ2n) is 9.06. The highest BCUT2D eigenvalue weighted by atomic mass is 35.5. The predicted octanol–water partition coefficient (Wildman–Crippen LogP) is 5.60. The minimum absolute atomic E-state index is 0.0218. The largest absolute Gasteiger partial charge is 0.489 e. The van der Waals surface area contributed by atoms with Crippen molar-refractivity contribution in [2.75, 3.05) is 22.9 Å². The molecular formula is C25H20ClF3N4O3. The van der Waals surface area contributed by atoms with Crippen LogP contribution in [0.15, 0.2) is 42.6 Å². The van der Waals surface area contributed by atoms with Crippen molar-refractivity contribution in [2.45, 2.75) is 31.0 Å². The summed E-state index contributed by atoms with van der Waals surface area (Å²) in [6.45, 7) is 0.462. The quantitative estimate of drug-likeness (QED) is 0.382. The van der Waals surface area contributed by atoms with Crippen LogP contribution in [0.3, 0.4) is 0 Å². The minimum atomic E-state index is -4.57. The number of ether oxygens (including phenoxy) is 2. The van der Waals surface area contributed by atoms with E-state index in [1.165, 1.54) is 6.07 Å². The molecule has 1 amide bonds. The molecule has 3 atom stereocenters. The van der Waals surface area contributed by atoms with Crippen molar-refractivity contribution in [1.82, 2.24) is 4.98 Å². The second-order valence-corrected chi connectivity index (χ2v) is 9.46. The second kappa shape index (κ2) is 8.19. The molecule has 1 saturated carbocycles. The van der Waals surface area contributed by atoms with Crippen molar-refractivity contribution in [3.05, 3.63) is 64.3 Å². The van der Waals surface area contributed by atoms with Crippen LogP contribution >= 0.6 is 11.6 Å². The molecule has 7 nitrogen and oxygen atoms in total. The molecular weight excluding hydrogens is 497 g/mol. The molecule has 0 radical (unpaired) electrons. The number of benzene rings is 2. The van der Waals surface area contributed by atoms with Gasteiger partial charge in [-0.3, -0.25) is 4.79 Å². The summed E-state index contributed by atoms with van der Waals surface area (Å²) in [6, 6.07) is 9.46. The molecule has 186 valence electrons. The van der Waals surface area contributed by atoms with Gasteiger partial charge in [0.15, 0.2) is 0 Å². The average Bonchev–Trinajstić information content (AvgIpc) is 3.37. The fraction of sp³-hybridized carbons (Fsp3) is 0.280. The maximum Gasteiger partial charge on any atom is 0.417 e. The monoisotopic (exact) mass is 516 g/mol. The highest BCUT2D eigenvalue weighted by molar-refractivity contribution is 6.32. The van der Waals surface area contributed by atoms with Gasteiger partial charge in [-0.2, -0.15) is 13.2 Å². The van der Waals surface area contributed by atoms with Gasteiger partial charge >= 0.3 is 6.18 Å². The summed E-state index contributed by atoms with van der Waals surface area (Å²) >= 11 is 5.84. The smallest absolute Gasteiger partial charge is 0.417 e. The number of nitrogens with zero attached hydrogens (tertiary/aromatic N) is 1. The topological polar surface area (TPSA) is 98.5 Å². The van der Waals surface area contributed by atoms with Gasteiger partial charge in [-0.15, -0.1) is 0 Å². The van der Waals surface area contributed by atoms with E-state index in [0.29, 0.717) is 42.4 Å². The van der Waals surface area contributed by atoms with E-state index in [0.717, 1.165) is 22.9 Å². The summed E-state index contributed by atoms with van der Waals surface area (Å²) in [7, 11) is 0. The van der Waals surface area contributed by atoms with Crippen LogP contribution in [-0.2, 0) is 17.4 Å². The Bertz CT molecular complexity index is 1400. The fourth-order valence-corrected chi connectivity index (χ4v) is 5.20. The van der Waals surface area contributed by atoms with E-state index in [1.54, 1.807) is 12.3 Å². The molecule has 3 heterocycles. The van der Waals surface area contributed by atoms with Crippen molar-refractivity contribution in [1.29, 1.82) is 0 Å². The third-order valence-electron chi connectivity index (χ3n) is 6.77. The number of rotatable bonds is 5. The number of hydrogen-bond acceptors (Lipinski definition) is 6. The van der Waals surface area contributed by atoms with E-state index >= 15 is 0 Å². The Morgan fingerprint density at radius 1 is 1.22 bits per heavy atom. The first-order valence-electron chi connectivity index (χ1n) is 11.4. The molecule has 2 aliphatic heterocycles. The zero-order valence-electron chi connectivity index (χ0n) is 18.7. The first-order valence-corrected chi connectivity index (χ1v) is 11.7. The number of carbonyl (C=O) groups is 1. The van der Waals surface area contributed by atoms with Crippen LogP contribution in [0.5, 0.6) is 17.2 Å². The van der Waals surface area contributed by atoms with Crippen molar-refractivity contribution < 1.29 is 27.4 Å². The van der Waals surface area contributed by atoms with Crippen LogP contribution < -0.4 is 25.8 Å². The van der Waals surface area contributed by atoms with Crippen LogP contribution in [0.1, 0.15) is 29.0 Å². The summed E-state index contributed by atoms with van der Waals surface area (Å²) in [5, 5.41) is 5.47. The van der Waals surface area contributed by atoms with E-state index in [4.69, 9.17) is 26.8 Å². The number of nitrogens with one attached hydrogen (secondary N) is 2. The third kappa shape index (κ3) is 3.95. The van der Waals surface area contributed by atoms with Gasteiger partial charge in [0.1, 0.15) is 29.2 Å². The maximum atomic E-state index is 13.0. The Labute approximate surface area is 208 Å². The number of alkyl halides is 3. The number of aromatic nitrogens is 1. The number of pyridine rings is 1. The van der Waals surface area contributed by atoms with Gasteiger partial charge in [-0.05, 0) is 42.8 Å². The molecule has 0 saturated heterocycles. The fourth-order valence-electron chi connectivity index (χ4n) is 4.93. The van der Waals surface area contributed by atoms with E-state index in [2.05, 4.69) is 15.6 Å². The van der Waals surface area contributed by atoms with Gasteiger partial charge in [0.2, 0.25) is 5.91 Å². The minimum Gasteiger partial charge on any atom is -0.489 e. The lowest BCUT2D eigenvalue weighted by molar-refractivity contribution is -0.137. The SMILES string of the molecule is Nc1cc(C(F)(F)F)c(Cl)cc1NCC1[C@H]2Oc3ccc(Oc4ccnc5c4CCC(=O)N5)cc3[C@@H]12. The standard InChI is InChI=1S/C25H20ClF3N4O3/c26-16-9-18(17(30)8-15(16)25(27,28)29)32-10-14-22-13-7-11(1-3-19(13)36-23(14)22)35-20-5-6-31-24-12(20)2-4-21(34)33-24/h1,3,5-9,14,22-23,32H,2,4,10,30H2,(H,31,33,34)/t14?,22-,23+/m0/s1. The number of hydrogen-bond donors (Lipinski definition) is 3. The molecule has 36 heavy (non-hydrogen) atoms. The van der Waals surface area contributed by atoms with E-state index in [1.807, 2.05) is 18.2 Å². The van der Waals surface area contributed by atoms with Crippen molar-refractivity contribution in [2.24, 2.45) is 5.92 Å². The third-order valence-corrected chi connectivity index (χ3v) is 7.09. The molecule has 6 rings (SSSR count). The first-order chi connectivity index (χ1) is 17.2. The molecule has 1 aliphatic carbocycles. The van der Waals surface area contributed by atoms with Crippen molar-refractivity contribution in [3.63, 3.8) is 0 Å². The average molecular weight is 517 g/mol. The van der Waals surface area contributed by atoms with Crippen LogP contribution in [0, 0.1) is 5.92 Å². The number of anilines is 3. The summed E-state index contributed by atoms with van der Waals surface area (Å²) in [6.07, 6.45) is -2.09. The van der Waals surface area contributed by atoms with Gasteiger partial charge in [-0.1, -0.05) is 11.6 Å². The zero-order chi connectivity index (χ0) is 25.2. The van der Waals surface area contributed by atoms with Gasteiger partial charge in [-0.25, -0.2) is 4.98 Å². The Balaban J connectivity index is 1.15. The molecule has 0 spiro atoms. The number of carbonyl (C=O) groups excluding carboxylic acids is 1. The van der Waals surface area contributed by atoms with E-state index in [-0.39, 0.29) is 29.5 Å². The summed E-state index contributed by atoms with van der Waals surface area (Å²) in [4.78, 5) is 15.9. The number of amides is 1. The molecule has 1 aromatic heterocycles. The zero-order valence-corrected chi connectivity index (χ0v) is 19.4. The highest BCUT2D eigenvalue weighted by Crippen LogP contribution is 2.59. The van der Waals surface area contributed by atoms with E-state index in [9.17, 15) is 18.0 Å². The molecule has 3 aromatic rings. The van der Waals surface area contributed by atoms with Gasteiger partial charge in [0.25, 0.3) is 0 Å². The lowest BCUT2D eigenvalue weighted by Gasteiger charge is -2.19. The molecule has 1 unspecified atom stereocenters. The normalized spacial score (nSPS) is 21.6. The van der Waals surface area contributed by atoms with Gasteiger partial charge in [0.05, 0.1) is 22.0 Å². The molecule has 4 N–H and O–H groups in total. The summed E-state index contributed by atoms with van der Waals surface area (Å²) < 4.78 is 51.3. The summed E-state index contributed by atoms with van der Waals surface area (Å²) in [5.74, 6) is 2.77. The van der Waals surface area contributed by atoms with Crippen molar-refractivity contribution in [3.8, 4) is 17.2 Å². The highest BCUT2D eigenvalue weighted by Gasteiger charge is 2.58. The summed E-state index contributed by atoms with van der Waals surface area (Å²) in [5.41, 5.74) is 7.08. The number of fused-ring (bicyclic) bond motifs is 4. The Morgan fingerprint density at radius 3 is 2.86 bits per heavy atom. The van der Waals surface area contributed by atoms with E-state index < -0.39 is 16.8 Å². The Kier molecular flexibility index (Phi) is 5.18. The number of nitrogens with two attached hydrogens (primary N) is 1. The molecule has 1 fully saturated rings. The molecule has 11 heteroatoms. The van der Waals surface area contributed by atoms with Crippen LogP contribution in [0.2, 0.25) is 5.02 Å². The number of halogens is 4. The predicted molar refractivity (Wildman–Crippen MR) is 128 cm³/mol. The first kappa shape index (κ1) is 22.8. The molecule has 0 bridgehead atoms. The number of nitrogen functional groups attached to an aromatic ring is 1. The lowest BCUT2D eigenvalue weighted by atomic mass is 10.1. The molecule has 3 aliphatic rings. The lowest BCUT2D eigenvalue weighted by Crippen LogP contribution is -2.20. The van der Waals surface area contributed by atoms with Gasteiger partial charge in [0, 0.05) is 42.1 Å². The van der Waals surface area contributed by atoms with Crippen molar-refractivity contribution >= 4 is 34.7 Å².